The van der Waals surface area contributed by atoms with Crippen molar-refractivity contribution in [3.8, 4) is 0 Å². The number of aliphatic hydroxyl groups is 1. The largest absolute Gasteiger partial charge is 0.494 e. The van der Waals surface area contributed by atoms with Crippen molar-refractivity contribution in [1.82, 2.24) is 0 Å². The van der Waals surface area contributed by atoms with Crippen molar-refractivity contribution >= 4 is 24.2 Å². The fourth-order valence-corrected chi connectivity index (χ4v) is 2.45. The van der Waals surface area contributed by atoms with Gasteiger partial charge in [-0.05, 0) is 57.6 Å². The molecule has 0 amide bonds. The Bertz CT molecular complexity index is 472. The minimum absolute atomic E-state index is 0.176. The summed E-state index contributed by atoms with van der Waals surface area (Å²) < 4.78 is 12.0. The Labute approximate surface area is 126 Å². The lowest BCUT2D eigenvalue weighted by Gasteiger charge is -2.32. The van der Waals surface area contributed by atoms with E-state index in [9.17, 15) is 0 Å². The molecule has 1 aromatic carbocycles. The maximum atomic E-state index is 8.88. The van der Waals surface area contributed by atoms with Gasteiger partial charge in [-0.1, -0.05) is 23.7 Å². The van der Waals surface area contributed by atoms with Crippen LogP contribution in [-0.2, 0) is 15.7 Å². The Hall–Kier alpha value is -0.545. The van der Waals surface area contributed by atoms with E-state index in [4.69, 9.17) is 26.0 Å². The molecular formula is C15H22BClO3. The van der Waals surface area contributed by atoms with Crippen molar-refractivity contribution in [3.05, 3.63) is 28.8 Å². The van der Waals surface area contributed by atoms with Gasteiger partial charge >= 0.3 is 7.12 Å². The first-order valence-electron chi connectivity index (χ1n) is 7.02. The van der Waals surface area contributed by atoms with Gasteiger partial charge < -0.3 is 14.4 Å². The van der Waals surface area contributed by atoms with Crippen molar-refractivity contribution in [3.63, 3.8) is 0 Å². The Kier molecular flexibility index (Phi) is 4.50. The average molecular weight is 297 g/mol. The van der Waals surface area contributed by atoms with Crippen molar-refractivity contribution in [2.24, 2.45) is 0 Å². The second-order valence-electron chi connectivity index (χ2n) is 6.27. The second-order valence-corrected chi connectivity index (χ2v) is 6.67. The molecule has 1 heterocycles. The molecule has 0 atom stereocenters. The third kappa shape index (κ3) is 3.04. The first kappa shape index (κ1) is 15.8. The smallest absolute Gasteiger partial charge is 0.399 e. The molecule has 1 fully saturated rings. The topological polar surface area (TPSA) is 38.7 Å². The lowest BCUT2D eigenvalue weighted by molar-refractivity contribution is 0.00578. The first-order valence-corrected chi connectivity index (χ1v) is 7.39. The van der Waals surface area contributed by atoms with E-state index >= 15 is 0 Å². The van der Waals surface area contributed by atoms with Crippen LogP contribution in [0.5, 0.6) is 0 Å². The minimum Gasteiger partial charge on any atom is -0.399 e. The standard InChI is InChI=1S/C15H22BClO3/c1-14(2)15(3,4)20-16(19-14)12-8-7-11(6-5-9-18)13(17)10-12/h7-8,10,18H,5-6,9H2,1-4H3. The lowest BCUT2D eigenvalue weighted by Crippen LogP contribution is -2.41. The number of benzene rings is 1. The Morgan fingerprint density at radius 1 is 1.15 bits per heavy atom. The zero-order chi connectivity index (χ0) is 15.0. The summed E-state index contributed by atoms with van der Waals surface area (Å²) in [5.74, 6) is 0. The van der Waals surface area contributed by atoms with Crippen molar-refractivity contribution in [2.75, 3.05) is 6.61 Å². The molecule has 0 aliphatic carbocycles. The molecule has 0 unspecified atom stereocenters. The van der Waals surface area contributed by atoms with E-state index < -0.39 is 0 Å². The molecular weight excluding hydrogens is 274 g/mol. The molecule has 110 valence electrons. The first-order chi connectivity index (χ1) is 9.27. The molecule has 2 rings (SSSR count). The summed E-state index contributed by atoms with van der Waals surface area (Å²) in [6.45, 7) is 8.30. The van der Waals surface area contributed by atoms with Crippen LogP contribution in [0.2, 0.25) is 5.02 Å². The van der Waals surface area contributed by atoms with Gasteiger partial charge in [-0.3, -0.25) is 0 Å². The van der Waals surface area contributed by atoms with Gasteiger partial charge in [0.05, 0.1) is 11.2 Å². The van der Waals surface area contributed by atoms with Crippen molar-refractivity contribution in [2.45, 2.75) is 51.7 Å². The van der Waals surface area contributed by atoms with Gasteiger partial charge in [-0.25, -0.2) is 0 Å². The summed E-state index contributed by atoms with van der Waals surface area (Å²) in [7, 11) is -0.385. The maximum Gasteiger partial charge on any atom is 0.494 e. The number of aliphatic hydroxyl groups excluding tert-OH is 1. The minimum atomic E-state index is -0.385. The number of aryl methyl sites for hydroxylation is 1. The van der Waals surface area contributed by atoms with Gasteiger partial charge in [-0.2, -0.15) is 0 Å². The van der Waals surface area contributed by atoms with Crippen LogP contribution in [0.1, 0.15) is 39.7 Å². The number of hydrogen-bond acceptors (Lipinski definition) is 3. The highest BCUT2D eigenvalue weighted by molar-refractivity contribution is 6.62. The molecule has 1 saturated heterocycles. The number of rotatable bonds is 4. The van der Waals surface area contributed by atoms with Crippen LogP contribution < -0.4 is 5.46 Å². The van der Waals surface area contributed by atoms with Crippen LogP contribution in [-0.4, -0.2) is 30.0 Å². The molecule has 3 nitrogen and oxygen atoms in total. The summed E-state index contributed by atoms with van der Waals surface area (Å²) in [4.78, 5) is 0. The van der Waals surface area contributed by atoms with Crippen LogP contribution >= 0.6 is 11.6 Å². The van der Waals surface area contributed by atoms with Crippen LogP contribution in [0, 0.1) is 0 Å². The molecule has 1 aliphatic rings. The molecule has 1 aliphatic heterocycles. The molecule has 0 spiro atoms. The van der Waals surface area contributed by atoms with E-state index in [1.165, 1.54) is 0 Å². The van der Waals surface area contributed by atoms with E-state index in [0.29, 0.717) is 5.02 Å². The van der Waals surface area contributed by atoms with E-state index in [1.54, 1.807) is 0 Å². The van der Waals surface area contributed by atoms with E-state index in [0.717, 1.165) is 23.9 Å². The molecule has 5 heteroatoms. The summed E-state index contributed by atoms with van der Waals surface area (Å²) in [5, 5.41) is 9.58. The van der Waals surface area contributed by atoms with Crippen molar-refractivity contribution in [1.29, 1.82) is 0 Å². The normalized spacial score (nSPS) is 20.4. The number of halogens is 1. The number of hydrogen-bond donors (Lipinski definition) is 1. The molecule has 0 radical (unpaired) electrons. The zero-order valence-corrected chi connectivity index (χ0v) is 13.3. The fourth-order valence-electron chi connectivity index (χ4n) is 2.16. The quantitative estimate of drug-likeness (QED) is 0.868. The van der Waals surface area contributed by atoms with Gasteiger partial charge in [0.15, 0.2) is 0 Å². The SMILES string of the molecule is CC1(C)OB(c2ccc(CCCO)c(Cl)c2)OC1(C)C. The Balaban J connectivity index is 2.17. The van der Waals surface area contributed by atoms with Gasteiger partial charge in [0, 0.05) is 11.6 Å². The molecule has 0 bridgehead atoms. The summed E-state index contributed by atoms with van der Waals surface area (Å²) in [5.41, 5.74) is 1.28. The van der Waals surface area contributed by atoms with Gasteiger partial charge in [-0.15, -0.1) is 0 Å². The third-order valence-corrected chi connectivity index (χ3v) is 4.56. The van der Waals surface area contributed by atoms with E-state index in [1.807, 2.05) is 45.9 Å². The predicted molar refractivity (Wildman–Crippen MR) is 82.6 cm³/mol. The van der Waals surface area contributed by atoms with E-state index in [-0.39, 0.29) is 24.9 Å². The highest BCUT2D eigenvalue weighted by Crippen LogP contribution is 2.36. The van der Waals surface area contributed by atoms with Crippen LogP contribution in [0.4, 0.5) is 0 Å². The van der Waals surface area contributed by atoms with Gasteiger partial charge in [0.2, 0.25) is 0 Å². The molecule has 1 N–H and O–H groups in total. The summed E-state index contributed by atoms with van der Waals surface area (Å²) in [6, 6.07) is 5.87. The Morgan fingerprint density at radius 3 is 2.25 bits per heavy atom. The highest BCUT2D eigenvalue weighted by atomic mass is 35.5. The predicted octanol–water partition coefficient (Wildman–Crippen LogP) is 2.56. The second kappa shape index (κ2) is 5.68. The van der Waals surface area contributed by atoms with Crippen LogP contribution in [0.15, 0.2) is 18.2 Å². The van der Waals surface area contributed by atoms with Crippen LogP contribution in [0.3, 0.4) is 0 Å². The van der Waals surface area contributed by atoms with Crippen molar-refractivity contribution < 1.29 is 14.4 Å². The summed E-state index contributed by atoms with van der Waals surface area (Å²) in [6.07, 6.45) is 1.49. The molecule has 0 saturated carbocycles. The average Bonchev–Trinajstić information content (AvgIpc) is 2.57. The fraction of sp³-hybridized carbons (Fsp3) is 0.600. The maximum absolute atomic E-state index is 8.88. The van der Waals surface area contributed by atoms with Crippen LogP contribution in [0.25, 0.3) is 0 Å². The molecule has 0 aromatic heterocycles. The monoisotopic (exact) mass is 296 g/mol. The Morgan fingerprint density at radius 2 is 1.75 bits per heavy atom. The lowest BCUT2D eigenvalue weighted by atomic mass is 9.78. The summed E-state index contributed by atoms with van der Waals surface area (Å²) >= 11 is 6.29. The highest BCUT2D eigenvalue weighted by Gasteiger charge is 2.51. The third-order valence-electron chi connectivity index (χ3n) is 4.21. The van der Waals surface area contributed by atoms with Gasteiger partial charge in [0.25, 0.3) is 0 Å². The zero-order valence-electron chi connectivity index (χ0n) is 12.6. The molecule has 20 heavy (non-hydrogen) atoms. The van der Waals surface area contributed by atoms with Gasteiger partial charge in [0.1, 0.15) is 0 Å². The van der Waals surface area contributed by atoms with E-state index in [2.05, 4.69) is 0 Å². The molecule has 1 aromatic rings.